The number of carbonyl (C=O) groups is 2. The second-order valence-corrected chi connectivity index (χ2v) is 7.45. The van der Waals surface area contributed by atoms with Gasteiger partial charge in [0, 0.05) is 28.3 Å². The lowest BCUT2D eigenvalue weighted by Gasteiger charge is -2.21. The molecule has 136 valence electrons. The molecule has 1 aliphatic carbocycles. The van der Waals surface area contributed by atoms with Gasteiger partial charge in [0.1, 0.15) is 11.5 Å². The van der Waals surface area contributed by atoms with E-state index in [1.54, 1.807) is 30.3 Å². The highest BCUT2D eigenvalue weighted by Crippen LogP contribution is 2.35. The van der Waals surface area contributed by atoms with E-state index in [0.29, 0.717) is 23.5 Å². The molecule has 0 amide bonds. The number of aromatic hydroxyl groups is 1. The molecule has 5 heteroatoms. The van der Waals surface area contributed by atoms with Crippen LogP contribution in [0.25, 0.3) is 0 Å². The van der Waals surface area contributed by atoms with Crippen LogP contribution in [0, 0.1) is 0 Å². The van der Waals surface area contributed by atoms with Gasteiger partial charge in [0.05, 0.1) is 12.2 Å². The summed E-state index contributed by atoms with van der Waals surface area (Å²) in [7, 11) is 0. The van der Waals surface area contributed by atoms with Crippen LogP contribution < -0.4 is 10.1 Å². The summed E-state index contributed by atoms with van der Waals surface area (Å²) in [6, 6.07) is 9.59. The van der Waals surface area contributed by atoms with E-state index in [1.165, 1.54) is 6.07 Å². The number of benzene rings is 2. The summed E-state index contributed by atoms with van der Waals surface area (Å²) < 4.78 is 5.68. The molecule has 0 unspecified atom stereocenters. The highest BCUT2D eigenvalue weighted by molar-refractivity contribution is 6.29. The maximum atomic E-state index is 12.7. The second-order valence-electron chi connectivity index (χ2n) is 7.45. The Morgan fingerprint density at radius 3 is 2.31 bits per heavy atom. The summed E-state index contributed by atoms with van der Waals surface area (Å²) in [6.07, 6.45) is 0.783. The topological polar surface area (TPSA) is 75.6 Å². The normalized spacial score (nSPS) is 13.3. The Bertz CT molecular complexity index is 865. The van der Waals surface area contributed by atoms with Crippen molar-refractivity contribution in [1.82, 2.24) is 5.32 Å². The smallest absolute Gasteiger partial charge is 0.198 e. The van der Waals surface area contributed by atoms with Crippen molar-refractivity contribution in [3.8, 4) is 11.5 Å². The van der Waals surface area contributed by atoms with Gasteiger partial charge in [-0.3, -0.25) is 9.59 Å². The first-order valence-corrected chi connectivity index (χ1v) is 8.71. The monoisotopic (exact) mass is 353 g/mol. The highest BCUT2D eigenvalue weighted by atomic mass is 16.5. The van der Waals surface area contributed by atoms with Crippen LogP contribution in [-0.2, 0) is 0 Å². The Balaban J connectivity index is 1.77. The minimum Gasteiger partial charge on any atom is -0.507 e. The third-order valence-electron chi connectivity index (χ3n) is 4.22. The summed E-state index contributed by atoms with van der Waals surface area (Å²) in [6.45, 7) is 7.52. The van der Waals surface area contributed by atoms with Crippen LogP contribution in [0.5, 0.6) is 11.5 Å². The van der Waals surface area contributed by atoms with Gasteiger partial charge < -0.3 is 15.2 Å². The number of hydrogen-bond acceptors (Lipinski definition) is 5. The molecule has 0 fully saturated rings. The predicted octanol–water partition coefficient (Wildman–Crippen LogP) is 3.32. The molecule has 0 aromatic heterocycles. The Morgan fingerprint density at radius 2 is 1.65 bits per heavy atom. The number of phenolic OH excluding ortho intramolecular Hbond substituents is 1. The number of fused-ring (bicyclic) bond motifs is 2. The molecule has 0 radical (unpaired) electrons. The largest absolute Gasteiger partial charge is 0.507 e. The first-order valence-electron chi connectivity index (χ1n) is 8.71. The maximum absolute atomic E-state index is 12.7. The maximum Gasteiger partial charge on any atom is 0.198 e. The van der Waals surface area contributed by atoms with Crippen molar-refractivity contribution in [2.75, 3.05) is 13.2 Å². The van der Waals surface area contributed by atoms with Gasteiger partial charge in [0.2, 0.25) is 0 Å². The van der Waals surface area contributed by atoms with Crippen LogP contribution in [0.3, 0.4) is 0 Å². The van der Waals surface area contributed by atoms with Crippen LogP contribution in [0.4, 0.5) is 0 Å². The molecule has 0 aliphatic heterocycles. The van der Waals surface area contributed by atoms with Crippen molar-refractivity contribution >= 4 is 11.6 Å². The zero-order valence-electron chi connectivity index (χ0n) is 15.3. The second kappa shape index (κ2) is 6.92. The molecule has 0 spiro atoms. The van der Waals surface area contributed by atoms with Crippen LogP contribution in [-0.4, -0.2) is 35.4 Å². The van der Waals surface area contributed by atoms with Gasteiger partial charge in [-0.05, 0) is 39.8 Å². The van der Waals surface area contributed by atoms with Crippen molar-refractivity contribution in [2.24, 2.45) is 0 Å². The minimum atomic E-state index is -0.339. The average molecular weight is 353 g/mol. The van der Waals surface area contributed by atoms with Crippen molar-refractivity contribution in [3.63, 3.8) is 0 Å². The SMILES string of the molecule is CC(C)(C)NCCCOc1cc(O)c2c(c1)C(=O)c1ccccc1C2=O. The van der Waals surface area contributed by atoms with Crippen molar-refractivity contribution in [2.45, 2.75) is 32.7 Å². The Hall–Kier alpha value is -2.66. The van der Waals surface area contributed by atoms with Crippen LogP contribution in [0.15, 0.2) is 36.4 Å². The molecule has 2 aromatic rings. The molecular formula is C21H23NO4. The van der Waals surface area contributed by atoms with E-state index < -0.39 is 0 Å². The third-order valence-corrected chi connectivity index (χ3v) is 4.22. The molecular weight excluding hydrogens is 330 g/mol. The fourth-order valence-electron chi connectivity index (χ4n) is 2.99. The number of ether oxygens (including phenoxy) is 1. The van der Waals surface area contributed by atoms with E-state index in [2.05, 4.69) is 26.1 Å². The molecule has 2 N–H and O–H groups in total. The quantitative estimate of drug-likeness (QED) is 0.688. The van der Waals surface area contributed by atoms with Crippen molar-refractivity contribution in [1.29, 1.82) is 0 Å². The molecule has 26 heavy (non-hydrogen) atoms. The van der Waals surface area contributed by atoms with Crippen LogP contribution >= 0.6 is 0 Å². The van der Waals surface area contributed by atoms with E-state index in [0.717, 1.165) is 13.0 Å². The lowest BCUT2D eigenvalue weighted by Crippen LogP contribution is -2.36. The van der Waals surface area contributed by atoms with Gasteiger partial charge in [-0.15, -0.1) is 0 Å². The van der Waals surface area contributed by atoms with Gasteiger partial charge >= 0.3 is 0 Å². The van der Waals surface area contributed by atoms with Crippen LogP contribution in [0.1, 0.15) is 59.0 Å². The first-order chi connectivity index (χ1) is 12.3. The Morgan fingerprint density at radius 1 is 1.00 bits per heavy atom. The number of rotatable bonds is 5. The first kappa shape index (κ1) is 18.1. The molecule has 1 aliphatic rings. The van der Waals surface area contributed by atoms with Gasteiger partial charge in [0.15, 0.2) is 11.6 Å². The Labute approximate surface area is 153 Å². The number of phenols is 1. The summed E-state index contributed by atoms with van der Waals surface area (Å²) in [4.78, 5) is 25.3. The standard InChI is InChI=1S/C21H23NO4/c1-21(2,3)22-9-6-10-26-13-11-16-18(17(23)12-13)20(25)15-8-5-4-7-14(15)19(16)24/h4-5,7-8,11-12,22-23H,6,9-10H2,1-3H3. The van der Waals surface area contributed by atoms with Crippen molar-refractivity contribution in [3.05, 3.63) is 58.7 Å². The third kappa shape index (κ3) is 3.63. The van der Waals surface area contributed by atoms with Crippen molar-refractivity contribution < 1.29 is 19.4 Å². The number of carbonyl (C=O) groups excluding carboxylic acids is 2. The van der Waals surface area contributed by atoms with Gasteiger partial charge in [0.25, 0.3) is 0 Å². The van der Waals surface area contributed by atoms with E-state index >= 15 is 0 Å². The van der Waals surface area contributed by atoms with E-state index in [1.807, 2.05) is 0 Å². The summed E-state index contributed by atoms with van der Waals surface area (Å²) in [5.74, 6) is -0.449. The number of nitrogens with one attached hydrogen (secondary N) is 1. The molecule has 5 nitrogen and oxygen atoms in total. The molecule has 0 saturated carbocycles. The highest BCUT2D eigenvalue weighted by Gasteiger charge is 2.32. The van der Waals surface area contributed by atoms with E-state index in [9.17, 15) is 14.7 Å². The van der Waals surface area contributed by atoms with Gasteiger partial charge in [-0.1, -0.05) is 24.3 Å². The fraction of sp³-hybridized carbons (Fsp3) is 0.333. The summed E-state index contributed by atoms with van der Waals surface area (Å²) >= 11 is 0. The predicted molar refractivity (Wildman–Crippen MR) is 99.3 cm³/mol. The fourth-order valence-corrected chi connectivity index (χ4v) is 2.99. The average Bonchev–Trinajstić information content (AvgIpc) is 2.58. The molecule has 2 aromatic carbocycles. The minimum absolute atomic E-state index is 0.0459. The molecule has 0 heterocycles. The lowest BCUT2D eigenvalue weighted by molar-refractivity contribution is 0.0976. The summed E-state index contributed by atoms with van der Waals surface area (Å²) in [5, 5.41) is 13.7. The van der Waals surface area contributed by atoms with Gasteiger partial charge in [-0.2, -0.15) is 0 Å². The molecule has 0 saturated heterocycles. The zero-order valence-corrected chi connectivity index (χ0v) is 15.3. The zero-order chi connectivity index (χ0) is 18.9. The summed E-state index contributed by atoms with van der Waals surface area (Å²) in [5.41, 5.74) is 0.967. The van der Waals surface area contributed by atoms with Crippen LogP contribution in [0.2, 0.25) is 0 Å². The lowest BCUT2D eigenvalue weighted by atomic mass is 9.83. The van der Waals surface area contributed by atoms with E-state index in [4.69, 9.17) is 4.74 Å². The van der Waals surface area contributed by atoms with E-state index in [-0.39, 0.29) is 34.0 Å². The number of hydrogen-bond donors (Lipinski definition) is 2. The van der Waals surface area contributed by atoms with Gasteiger partial charge in [-0.25, -0.2) is 0 Å². The molecule has 0 atom stereocenters. The number of ketones is 2. The molecule has 0 bridgehead atoms. The molecule has 3 rings (SSSR count). The Kier molecular flexibility index (Phi) is 4.83.